The maximum Gasteiger partial charge on any atom is 0.0248 e. The number of hydrogen-bond acceptors (Lipinski definition) is 2. The first-order valence-electron chi connectivity index (χ1n) is 9.41. The summed E-state index contributed by atoms with van der Waals surface area (Å²) < 4.78 is 0. The Kier molecular flexibility index (Phi) is 6.55. The summed E-state index contributed by atoms with van der Waals surface area (Å²) in [6.07, 6.45) is 9.08. The molecule has 1 N–H and O–H groups in total. The number of hydrogen-bond donors (Lipinski definition) is 1. The summed E-state index contributed by atoms with van der Waals surface area (Å²) in [4.78, 5) is 2.58. The molecule has 2 fully saturated rings. The molecule has 0 bridgehead atoms. The first kappa shape index (κ1) is 16.6. The van der Waals surface area contributed by atoms with E-state index in [4.69, 9.17) is 0 Å². The quantitative estimate of drug-likeness (QED) is 0.851. The Hall–Kier alpha value is -1.30. The fraction of sp³-hybridized carbons (Fsp3) is 0.619. The van der Waals surface area contributed by atoms with Gasteiger partial charge in [0.1, 0.15) is 0 Å². The van der Waals surface area contributed by atoms with Gasteiger partial charge in [0.25, 0.3) is 0 Å². The number of benzene rings is 1. The van der Waals surface area contributed by atoms with Gasteiger partial charge in [0.2, 0.25) is 0 Å². The predicted octanol–water partition coefficient (Wildman–Crippen LogP) is 3.80. The molecule has 2 aliphatic heterocycles. The van der Waals surface area contributed by atoms with Gasteiger partial charge in [0, 0.05) is 18.5 Å². The summed E-state index contributed by atoms with van der Waals surface area (Å²) in [5, 5.41) is 3.43. The fourth-order valence-corrected chi connectivity index (χ4v) is 3.73. The molecule has 0 amide bonds. The molecule has 2 heteroatoms. The minimum Gasteiger partial charge on any atom is -0.317 e. The summed E-state index contributed by atoms with van der Waals surface area (Å²) >= 11 is 0. The first-order valence-corrected chi connectivity index (χ1v) is 9.41. The Morgan fingerprint density at radius 3 is 2.74 bits per heavy atom. The lowest BCUT2D eigenvalue weighted by molar-refractivity contribution is 0.221. The molecule has 124 valence electrons. The van der Waals surface area contributed by atoms with Gasteiger partial charge in [-0.3, -0.25) is 4.90 Å². The minimum atomic E-state index is 0.885. The summed E-state index contributed by atoms with van der Waals surface area (Å²) in [5.41, 5.74) is 2.60. The summed E-state index contributed by atoms with van der Waals surface area (Å²) in [6.45, 7) is 5.98. The van der Waals surface area contributed by atoms with Gasteiger partial charge in [-0.2, -0.15) is 0 Å². The summed E-state index contributed by atoms with van der Waals surface area (Å²) in [5.74, 6) is 7.66. The molecule has 2 heterocycles. The van der Waals surface area contributed by atoms with Crippen LogP contribution < -0.4 is 5.32 Å². The number of likely N-dealkylation sites (tertiary alicyclic amines) is 1. The van der Waals surface area contributed by atoms with Crippen LogP contribution in [0.15, 0.2) is 24.3 Å². The highest BCUT2D eigenvalue weighted by Gasteiger charge is 2.11. The second-order valence-electron chi connectivity index (χ2n) is 7.07. The number of nitrogens with zero attached hydrogens (tertiary/aromatic N) is 1. The molecule has 0 aromatic heterocycles. The van der Waals surface area contributed by atoms with Crippen LogP contribution in [0.1, 0.15) is 56.1 Å². The Morgan fingerprint density at radius 1 is 1.09 bits per heavy atom. The molecule has 2 saturated heterocycles. The molecular weight excluding hydrogens is 280 g/mol. The monoisotopic (exact) mass is 310 g/mol. The van der Waals surface area contributed by atoms with Crippen molar-refractivity contribution in [2.24, 2.45) is 5.92 Å². The Balaban J connectivity index is 1.48. The van der Waals surface area contributed by atoms with E-state index in [1.54, 1.807) is 0 Å². The molecule has 0 saturated carbocycles. The zero-order chi connectivity index (χ0) is 15.7. The molecular formula is C21H30N2. The van der Waals surface area contributed by atoms with Crippen molar-refractivity contribution >= 4 is 0 Å². The van der Waals surface area contributed by atoms with E-state index in [-0.39, 0.29) is 0 Å². The van der Waals surface area contributed by atoms with Crippen LogP contribution in [0, 0.1) is 17.8 Å². The third kappa shape index (κ3) is 5.68. The van der Waals surface area contributed by atoms with Crippen LogP contribution >= 0.6 is 0 Å². The van der Waals surface area contributed by atoms with Gasteiger partial charge in [-0.25, -0.2) is 0 Å². The van der Waals surface area contributed by atoms with Crippen molar-refractivity contribution in [1.82, 2.24) is 10.2 Å². The fourth-order valence-electron chi connectivity index (χ4n) is 3.73. The normalized spacial score (nSPS) is 20.0. The zero-order valence-electron chi connectivity index (χ0n) is 14.3. The molecule has 0 atom stereocenters. The Morgan fingerprint density at radius 2 is 1.91 bits per heavy atom. The van der Waals surface area contributed by atoms with E-state index in [9.17, 15) is 0 Å². The Labute approximate surface area is 141 Å². The van der Waals surface area contributed by atoms with Crippen LogP contribution in [0.25, 0.3) is 0 Å². The number of nitrogens with one attached hydrogen (secondary N) is 1. The van der Waals surface area contributed by atoms with Crippen LogP contribution in [0.2, 0.25) is 0 Å². The molecule has 0 unspecified atom stereocenters. The average Bonchev–Trinajstić information content (AvgIpc) is 2.61. The van der Waals surface area contributed by atoms with E-state index >= 15 is 0 Å². The lowest BCUT2D eigenvalue weighted by Crippen LogP contribution is -2.29. The van der Waals surface area contributed by atoms with Crippen molar-refractivity contribution in [2.75, 3.05) is 26.2 Å². The third-order valence-corrected chi connectivity index (χ3v) is 5.15. The van der Waals surface area contributed by atoms with Crippen molar-refractivity contribution < 1.29 is 0 Å². The van der Waals surface area contributed by atoms with Crippen molar-refractivity contribution in [1.29, 1.82) is 0 Å². The average molecular weight is 310 g/mol. The van der Waals surface area contributed by atoms with E-state index in [1.165, 1.54) is 75.8 Å². The van der Waals surface area contributed by atoms with E-state index in [0.29, 0.717) is 0 Å². The smallest absolute Gasteiger partial charge is 0.0248 e. The van der Waals surface area contributed by atoms with Gasteiger partial charge >= 0.3 is 0 Å². The van der Waals surface area contributed by atoms with Gasteiger partial charge in [-0.1, -0.05) is 30.4 Å². The highest BCUT2D eigenvalue weighted by atomic mass is 15.1. The van der Waals surface area contributed by atoms with E-state index < -0.39 is 0 Å². The highest BCUT2D eigenvalue weighted by molar-refractivity contribution is 5.37. The van der Waals surface area contributed by atoms with Crippen LogP contribution in [-0.4, -0.2) is 31.1 Å². The lowest BCUT2D eigenvalue weighted by atomic mass is 9.93. The van der Waals surface area contributed by atoms with E-state index in [0.717, 1.165) is 18.9 Å². The molecule has 0 spiro atoms. The van der Waals surface area contributed by atoms with Gasteiger partial charge in [-0.15, -0.1) is 0 Å². The van der Waals surface area contributed by atoms with Crippen molar-refractivity contribution in [3.05, 3.63) is 35.4 Å². The van der Waals surface area contributed by atoms with Crippen molar-refractivity contribution in [3.63, 3.8) is 0 Å². The molecule has 1 aromatic rings. The number of rotatable bonds is 4. The van der Waals surface area contributed by atoms with Gasteiger partial charge in [-0.05, 0) is 81.9 Å². The molecule has 0 radical (unpaired) electrons. The van der Waals surface area contributed by atoms with Crippen LogP contribution in [-0.2, 0) is 6.54 Å². The second-order valence-corrected chi connectivity index (χ2v) is 7.07. The zero-order valence-corrected chi connectivity index (χ0v) is 14.3. The molecule has 1 aromatic carbocycles. The van der Waals surface area contributed by atoms with E-state index in [1.807, 2.05) is 0 Å². The maximum atomic E-state index is 3.43. The number of piperidine rings is 2. The largest absolute Gasteiger partial charge is 0.317 e. The molecule has 0 aliphatic carbocycles. The predicted molar refractivity (Wildman–Crippen MR) is 97.3 cm³/mol. The summed E-state index contributed by atoms with van der Waals surface area (Å²) in [6, 6.07) is 8.84. The molecule has 3 rings (SSSR count). The van der Waals surface area contributed by atoms with Crippen LogP contribution in [0.5, 0.6) is 0 Å². The second kappa shape index (κ2) is 9.11. The minimum absolute atomic E-state index is 0.885. The van der Waals surface area contributed by atoms with Gasteiger partial charge < -0.3 is 5.32 Å². The first-order chi connectivity index (χ1) is 11.4. The lowest BCUT2D eigenvalue weighted by Gasteiger charge is -2.26. The topological polar surface area (TPSA) is 15.3 Å². The summed E-state index contributed by atoms with van der Waals surface area (Å²) in [7, 11) is 0. The standard InChI is InChI=1S/C21H30N2/c1-4-15-23(16-5-1)18-21-10-6-9-20(17-21)8-3-2-7-19-11-13-22-14-12-19/h6,9-10,17,19,22H,1-2,4-5,7,11-16,18H2. The molecule has 23 heavy (non-hydrogen) atoms. The SMILES string of the molecule is C(#Cc1cccc(CN2CCCCC2)c1)CCC1CCNCC1. The van der Waals surface area contributed by atoms with Gasteiger partial charge in [0.15, 0.2) is 0 Å². The highest BCUT2D eigenvalue weighted by Crippen LogP contribution is 2.17. The molecule has 2 nitrogen and oxygen atoms in total. The van der Waals surface area contributed by atoms with Crippen molar-refractivity contribution in [2.45, 2.75) is 51.5 Å². The van der Waals surface area contributed by atoms with Crippen LogP contribution in [0.4, 0.5) is 0 Å². The maximum absolute atomic E-state index is 3.43. The Bertz CT molecular complexity index is 528. The van der Waals surface area contributed by atoms with Gasteiger partial charge in [0.05, 0.1) is 0 Å². The van der Waals surface area contributed by atoms with Crippen LogP contribution in [0.3, 0.4) is 0 Å². The van der Waals surface area contributed by atoms with Crippen molar-refractivity contribution in [3.8, 4) is 11.8 Å². The van der Waals surface area contributed by atoms with E-state index in [2.05, 4.69) is 46.3 Å². The third-order valence-electron chi connectivity index (χ3n) is 5.15. The molecule has 2 aliphatic rings.